The van der Waals surface area contributed by atoms with Gasteiger partial charge in [-0.2, -0.15) is 0 Å². The van der Waals surface area contributed by atoms with E-state index in [4.69, 9.17) is 10.2 Å². The van der Waals surface area contributed by atoms with E-state index in [9.17, 15) is 9.59 Å². The van der Waals surface area contributed by atoms with Crippen LogP contribution in [0.1, 0.15) is 30.4 Å². The van der Waals surface area contributed by atoms with Crippen LogP contribution in [0.15, 0.2) is 18.0 Å². The standard InChI is InChI=1S/C10H13N3O4/c1-7(2-3-8(14)15)4-5-13-6-11-9(12-13)10(16)17/h4,6H,2-3,5H2,1H3,(H,14,15)(H,16,17)/b7-4+. The predicted octanol–water partition coefficient (Wildman–Crippen LogP) is 0.787. The highest BCUT2D eigenvalue weighted by atomic mass is 16.4. The van der Waals surface area contributed by atoms with Gasteiger partial charge in [0.2, 0.25) is 0 Å². The molecule has 0 aromatic carbocycles. The molecule has 0 saturated heterocycles. The molecule has 2 N–H and O–H groups in total. The first-order chi connectivity index (χ1) is 7.99. The molecule has 1 aromatic heterocycles. The average molecular weight is 239 g/mol. The van der Waals surface area contributed by atoms with Crippen molar-refractivity contribution in [3.63, 3.8) is 0 Å². The first kappa shape index (κ1) is 12.9. The van der Waals surface area contributed by atoms with Gasteiger partial charge < -0.3 is 10.2 Å². The highest BCUT2D eigenvalue weighted by Crippen LogP contribution is 2.04. The van der Waals surface area contributed by atoms with Crippen molar-refractivity contribution in [2.24, 2.45) is 0 Å². The number of hydrogen-bond acceptors (Lipinski definition) is 4. The molecule has 0 amide bonds. The van der Waals surface area contributed by atoms with Crippen LogP contribution in [0.4, 0.5) is 0 Å². The van der Waals surface area contributed by atoms with Crippen LogP contribution in [0.3, 0.4) is 0 Å². The molecule has 7 nitrogen and oxygen atoms in total. The summed E-state index contributed by atoms with van der Waals surface area (Å²) in [6.07, 6.45) is 3.67. The summed E-state index contributed by atoms with van der Waals surface area (Å²) in [7, 11) is 0. The van der Waals surface area contributed by atoms with Gasteiger partial charge in [-0.05, 0) is 13.3 Å². The summed E-state index contributed by atoms with van der Waals surface area (Å²) >= 11 is 0. The Kier molecular flexibility index (Phi) is 4.38. The van der Waals surface area contributed by atoms with E-state index < -0.39 is 11.9 Å². The normalized spacial score (nSPS) is 11.5. The summed E-state index contributed by atoms with van der Waals surface area (Å²) < 4.78 is 1.38. The van der Waals surface area contributed by atoms with E-state index in [1.165, 1.54) is 11.0 Å². The van der Waals surface area contributed by atoms with Crippen molar-refractivity contribution in [3.8, 4) is 0 Å². The first-order valence-corrected chi connectivity index (χ1v) is 4.99. The molecule has 7 heteroatoms. The van der Waals surface area contributed by atoms with Crippen molar-refractivity contribution in [2.75, 3.05) is 0 Å². The van der Waals surface area contributed by atoms with Gasteiger partial charge in [0.05, 0.1) is 6.54 Å². The molecule has 0 aliphatic heterocycles. The lowest BCUT2D eigenvalue weighted by atomic mass is 10.1. The van der Waals surface area contributed by atoms with Gasteiger partial charge in [0.1, 0.15) is 6.33 Å². The van der Waals surface area contributed by atoms with Gasteiger partial charge in [-0.25, -0.2) is 14.5 Å². The first-order valence-electron chi connectivity index (χ1n) is 4.99. The Balaban J connectivity index is 2.50. The van der Waals surface area contributed by atoms with Crippen molar-refractivity contribution in [2.45, 2.75) is 26.3 Å². The number of hydrogen-bond donors (Lipinski definition) is 2. The third kappa shape index (κ3) is 4.45. The van der Waals surface area contributed by atoms with Crippen LogP contribution in [-0.2, 0) is 11.3 Å². The molecule has 0 bridgehead atoms. The Hall–Kier alpha value is -2.18. The summed E-state index contributed by atoms with van der Waals surface area (Å²) in [4.78, 5) is 24.4. The zero-order chi connectivity index (χ0) is 12.8. The molecule has 17 heavy (non-hydrogen) atoms. The van der Waals surface area contributed by atoms with E-state index in [2.05, 4.69) is 10.1 Å². The van der Waals surface area contributed by atoms with Gasteiger partial charge in [-0.15, -0.1) is 5.10 Å². The van der Waals surface area contributed by atoms with E-state index in [0.717, 1.165) is 5.57 Å². The molecule has 0 atom stereocenters. The Morgan fingerprint density at radius 2 is 2.12 bits per heavy atom. The van der Waals surface area contributed by atoms with Gasteiger partial charge in [0, 0.05) is 6.42 Å². The molecular weight excluding hydrogens is 226 g/mol. The minimum Gasteiger partial charge on any atom is -0.481 e. The topological polar surface area (TPSA) is 105 Å². The smallest absolute Gasteiger partial charge is 0.375 e. The van der Waals surface area contributed by atoms with Crippen molar-refractivity contribution < 1.29 is 19.8 Å². The Morgan fingerprint density at radius 1 is 1.41 bits per heavy atom. The quantitative estimate of drug-likeness (QED) is 0.711. The Bertz CT molecular complexity index is 450. The number of aliphatic carboxylic acids is 1. The molecule has 0 saturated carbocycles. The molecule has 0 aliphatic rings. The van der Waals surface area contributed by atoms with E-state index >= 15 is 0 Å². The largest absolute Gasteiger partial charge is 0.481 e. The minimum atomic E-state index is -1.17. The number of nitrogens with zero attached hydrogens (tertiary/aromatic N) is 3. The van der Waals surface area contributed by atoms with E-state index in [-0.39, 0.29) is 12.2 Å². The van der Waals surface area contributed by atoms with Gasteiger partial charge in [0.25, 0.3) is 5.82 Å². The van der Waals surface area contributed by atoms with Crippen LogP contribution >= 0.6 is 0 Å². The number of aromatic nitrogens is 3. The van der Waals surface area contributed by atoms with Crippen molar-refractivity contribution in [1.29, 1.82) is 0 Å². The number of aromatic carboxylic acids is 1. The number of carbonyl (C=O) groups is 2. The van der Waals surface area contributed by atoms with Crippen LogP contribution in [0, 0.1) is 0 Å². The molecule has 1 heterocycles. The van der Waals surface area contributed by atoms with Crippen LogP contribution in [-0.4, -0.2) is 36.9 Å². The summed E-state index contributed by atoms with van der Waals surface area (Å²) in [5.41, 5.74) is 0.916. The minimum absolute atomic E-state index is 0.0834. The van der Waals surface area contributed by atoms with Crippen molar-refractivity contribution in [3.05, 3.63) is 23.8 Å². The van der Waals surface area contributed by atoms with Gasteiger partial charge in [0.15, 0.2) is 0 Å². The number of carboxylic acid groups (broad SMARTS) is 2. The molecule has 92 valence electrons. The summed E-state index contributed by atoms with van der Waals surface area (Å²) in [6.45, 7) is 2.20. The lowest BCUT2D eigenvalue weighted by Gasteiger charge is -1.98. The maximum Gasteiger partial charge on any atom is 0.375 e. The van der Waals surface area contributed by atoms with E-state index in [0.29, 0.717) is 13.0 Å². The molecule has 0 spiro atoms. The zero-order valence-electron chi connectivity index (χ0n) is 9.33. The molecule has 1 rings (SSSR count). The molecular formula is C10H13N3O4. The highest BCUT2D eigenvalue weighted by molar-refractivity contribution is 5.82. The molecule has 0 unspecified atom stereocenters. The van der Waals surface area contributed by atoms with Crippen molar-refractivity contribution >= 4 is 11.9 Å². The lowest BCUT2D eigenvalue weighted by molar-refractivity contribution is -0.136. The van der Waals surface area contributed by atoms with Gasteiger partial charge in [-0.3, -0.25) is 4.79 Å². The summed E-state index contributed by atoms with van der Waals surface area (Å²) in [6, 6.07) is 0. The van der Waals surface area contributed by atoms with Crippen LogP contribution in [0.5, 0.6) is 0 Å². The van der Waals surface area contributed by atoms with Gasteiger partial charge >= 0.3 is 11.9 Å². The van der Waals surface area contributed by atoms with Crippen LogP contribution < -0.4 is 0 Å². The summed E-state index contributed by atoms with van der Waals surface area (Å²) in [5, 5.41) is 20.8. The molecule has 0 fully saturated rings. The van der Waals surface area contributed by atoms with Crippen LogP contribution in [0.25, 0.3) is 0 Å². The maximum atomic E-state index is 10.5. The zero-order valence-corrected chi connectivity index (χ0v) is 9.33. The third-order valence-electron chi connectivity index (χ3n) is 2.09. The van der Waals surface area contributed by atoms with Crippen molar-refractivity contribution in [1.82, 2.24) is 14.8 Å². The number of allylic oxidation sites excluding steroid dienone is 2. The van der Waals surface area contributed by atoms with Gasteiger partial charge in [-0.1, -0.05) is 11.6 Å². The SMILES string of the molecule is C/C(=C\Cn1cnc(C(=O)O)n1)CCC(=O)O. The van der Waals surface area contributed by atoms with Crippen LogP contribution in [0.2, 0.25) is 0 Å². The molecule has 0 radical (unpaired) electrons. The second-order valence-electron chi connectivity index (χ2n) is 3.54. The predicted molar refractivity (Wildman–Crippen MR) is 57.6 cm³/mol. The third-order valence-corrected chi connectivity index (χ3v) is 2.09. The van der Waals surface area contributed by atoms with E-state index in [1.54, 1.807) is 6.08 Å². The Morgan fingerprint density at radius 3 is 2.65 bits per heavy atom. The Labute approximate surface area is 97.4 Å². The highest BCUT2D eigenvalue weighted by Gasteiger charge is 2.07. The molecule has 0 aliphatic carbocycles. The fraction of sp³-hybridized carbons (Fsp3) is 0.400. The lowest BCUT2D eigenvalue weighted by Crippen LogP contribution is -2.02. The number of rotatable bonds is 6. The summed E-state index contributed by atoms with van der Waals surface area (Å²) in [5.74, 6) is -2.26. The van der Waals surface area contributed by atoms with E-state index in [1.807, 2.05) is 6.92 Å². The monoisotopic (exact) mass is 239 g/mol. The average Bonchev–Trinajstić information content (AvgIpc) is 2.72. The molecule has 1 aromatic rings. The second kappa shape index (κ2) is 5.78. The number of carboxylic acids is 2. The fourth-order valence-electron chi connectivity index (χ4n) is 1.14. The second-order valence-corrected chi connectivity index (χ2v) is 3.54. The maximum absolute atomic E-state index is 10.5. The fourth-order valence-corrected chi connectivity index (χ4v) is 1.14.